The monoisotopic (exact) mass is 286 g/mol. The number of rotatable bonds is 3. The highest BCUT2D eigenvalue weighted by molar-refractivity contribution is 9.10. The average Bonchev–Trinajstić information content (AvgIpc) is 2.18. The van der Waals surface area contributed by atoms with Gasteiger partial charge in [0.1, 0.15) is 11.6 Å². The van der Waals surface area contributed by atoms with E-state index in [1.54, 1.807) is 0 Å². The van der Waals surface area contributed by atoms with Gasteiger partial charge < -0.3 is 4.74 Å². The van der Waals surface area contributed by atoms with Crippen LogP contribution in [-0.4, -0.2) is 5.97 Å². The summed E-state index contributed by atoms with van der Waals surface area (Å²) in [5.74, 6) is 0.274. The largest absolute Gasteiger partial charge is 0.426 e. The zero-order valence-electron chi connectivity index (χ0n) is 8.71. The second kappa shape index (κ2) is 4.95. The number of esters is 1. The molecule has 0 aliphatic heterocycles. The molecule has 1 aliphatic carbocycles. The van der Waals surface area contributed by atoms with Crippen LogP contribution in [0, 0.1) is 11.7 Å². The third kappa shape index (κ3) is 2.82. The molecule has 0 amide bonds. The van der Waals surface area contributed by atoms with Crippen molar-refractivity contribution in [3.8, 4) is 5.75 Å². The van der Waals surface area contributed by atoms with Crippen LogP contribution in [0.2, 0.25) is 0 Å². The van der Waals surface area contributed by atoms with Gasteiger partial charge in [-0.3, -0.25) is 4.79 Å². The van der Waals surface area contributed by atoms with Crippen LogP contribution >= 0.6 is 15.9 Å². The number of halogens is 2. The van der Waals surface area contributed by atoms with E-state index < -0.39 is 0 Å². The highest BCUT2D eigenvalue weighted by Gasteiger charge is 2.21. The molecule has 1 aromatic carbocycles. The minimum absolute atomic E-state index is 0.233. The van der Waals surface area contributed by atoms with E-state index in [0.717, 1.165) is 12.8 Å². The molecule has 0 unspecified atom stereocenters. The molecule has 0 heterocycles. The molecule has 0 bridgehead atoms. The van der Waals surface area contributed by atoms with Crippen molar-refractivity contribution in [2.45, 2.75) is 25.7 Å². The predicted octanol–water partition coefficient (Wildman–Crippen LogP) is 3.68. The van der Waals surface area contributed by atoms with E-state index in [0.29, 0.717) is 22.6 Å². The van der Waals surface area contributed by atoms with Crippen LogP contribution < -0.4 is 4.74 Å². The lowest BCUT2D eigenvalue weighted by molar-refractivity contribution is -0.136. The van der Waals surface area contributed by atoms with E-state index in [9.17, 15) is 9.18 Å². The number of hydrogen-bond donors (Lipinski definition) is 0. The summed E-state index contributed by atoms with van der Waals surface area (Å²) in [6.45, 7) is 0. The Balaban J connectivity index is 1.92. The number of carbonyl (C=O) groups excluding carboxylic acids is 1. The molecule has 1 aromatic rings. The normalized spacial score (nSPS) is 15.6. The smallest absolute Gasteiger partial charge is 0.311 e. The van der Waals surface area contributed by atoms with Gasteiger partial charge in [0.25, 0.3) is 0 Å². The first-order chi connectivity index (χ1) is 7.65. The summed E-state index contributed by atoms with van der Waals surface area (Å²) in [7, 11) is 0. The summed E-state index contributed by atoms with van der Waals surface area (Å²) < 4.78 is 18.4. The second-order valence-electron chi connectivity index (χ2n) is 4.05. The standard InChI is InChI=1S/C12H12BrFO2/c13-10-7-9(4-5-11(10)14)16-12(15)6-8-2-1-3-8/h4-5,7-8H,1-3,6H2. The molecule has 1 fully saturated rings. The fourth-order valence-corrected chi connectivity index (χ4v) is 2.00. The molecule has 0 spiro atoms. The van der Waals surface area contributed by atoms with E-state index in [4.69, 9.17) is 4.74 Å². The van der Waals surface area contributed by atoms with Gasteiger partial charge in [0.15, 0.2) is 0 Å². The number of benzene rings is 1. The molecule has 0 radical (unpaired) electrons. The number of carbonyl (C=O) groups is 1. The molecule has 4 heteroatoms. The molecule has 0 saturated heterocycles. The van der Waals surface area contributed by atoms with Gasteiger partial charge in [-0.1, -0.05) is 6.42 Å². The lowest BCUT2D eigenvalue weighted by Crippen LogP contribution is -2.19. The summed E-state index contributed by atoms with van der Waals surface area (Å²) >= 11 is 3.05. The van der Waals surface area contributed by atoms with Gasteiger partial charge in [-0.15, -0.1) is 0 Å². The topological polar surface area (TPSA) is 26.3 Å². The van der Waals surface area contributed by atoms with Crippen LogP contribution in [-0.2, 0) is 4.79 Å². The lowest BCUT2D eigenvalue weighted by atomic mass is 9.83. The van der Waals surface area contributed by atoms with Crippen molar-refractivity contribution in [2.24, 2.45) is 5.92 Å². The Morgan fingerprint density at radius 1 is 1.50 bits per heavy atom. The fourth-order valence-electron chi connectivity index (χ4n) is 1.65. The molecule has 0 N–H and O–H groups in total. The molecule has 1 aliphatic rings. The zero-order valence-corrected chi connectivity index (χ0v) is 10.3. The molecular formula is C12H12BrFO2. The number of hydrogen-bond acceptors (Lipinski definition) is 2. The van der Waals surface area contributed by atoms with Crippen molar-refractivity contribution in [3.05, 3.63) is 28.5 Å². The van der Waals surface area contributed by atoms with Crippen LogP contribution in [0.15, 0.2) is 22.7 Å². The van der Waals surface area contributed by atoms with Gasteiger partial charge in [-0.25, -0.2) is 4.39 Å². The zero-order chi connectivity index (χ0) is 11.5. The van der Waals surface area contributed by atoms with Crippen molar-refractivity contribution in [1.29, 1.82) is 0 Å². The van der Waals surface area contributed by atoms with Gasteiger partial charge in [0.05, 0.1) is 4.47 Å². The quantitative estimate of drug-likeness (QED) is 0.626. The average molecular weight is 287 g/mol. The molecule has 16 heavy (non-hydrogen) atoms. The minimum Gasteiger partial charge on any atom is -0.426 e. The van der Waals surface area contributed by atoms with Crippen LogP contribution in [0.3, 0.4) is 0 Å². The third-order valence-electron chi connectivity index (χ3n) is 2.80. The number of ether oxygens (including phenoxy) is 1. The van der Waals surface area contributed by atoms with E-state index in [1.165, 1.54) is 24.6 Å². The Morgan fingerprint density at radius 3 is 2.81 bits per heavy atom. The summed E-state index contributed by atoms with van der Waals surface area (Å²) in [5, 5.41) is 0. The van der Waals surface area contributed by atoms with Crippen molar-refractivity contribution in [3.63, 3.8) is 0 Å². The lowest BCUT2D eigenvalue weighted by Gasteiger charge is -2.23. The molecule has 1 saturated carbocycles. The minimum atomic E-state index is -0.362. The van der Waals surface area contributed by atoms with Crippen LogP contribution in [0.1, 0.15) is 25.7 Å². The van der Waals surface area contributed by atoms with E-state index in [2.05, 4.69) is 15.9 Å². The molecule has 2 rings (SSSR count). The first kappa shape index (κ1) is 11.6. The van der Waals surface area contributed by atoms with Crippen molar-refractivity contribution >= 4 is 21.9 Å². The van der Waals surface area contributed by atoms with Crippen LogP contribution in [0.25, 0.3) is 0 Å². The maximum absolute atomic E-state index is 12.9. The first-order valence-corrected chi connectivity index (χ1v) is 6.10. The van der Waals surface area contributed by atoms with Crippen LogP contribution in [0.4, 0.5) is 4.39 Å². The van der Waals surface area contributed by atoms with E-state index >= 15 is 0 Å². The Kier molecular flexibility index (Phi) is 3.59. The second-order valence-corrected chi connectivity index (χ2v) is 4.91. The third-order valence-corrected chi connectivity index (χ3v) is 3.41. The predicted molar refractivity (Wildman–Crippen MR) is 61.7 cm³/mol. The van der Waals surface area contributed by atoms with Gasteiger partial charge in [0.2, 0.25) is 0 Å². The van der Waals surface area contributed by atoms with Gasteiger partial charge in [0, 0.05) is 6.42 Å². The molecule has 2 nitrogen and oxygen atoms in total. The Morgan fingerprint density at radius 2 is 2.25 bits per heavy atom. The summed E-state index contributed by atoms with van der Waals surface area (Å²) in [4.78, 5) is 11.5. The Labute approximate surface area is 102 Å². The maximum Gasteiger partial charge on any atom is 0.311 e. The van der Waals surface area contributed by atoms with Gasteiger partial charge >= 0.3 is 5.97 Å². The first-order valence-electron chi connectivity index (χ1n) is 5.31. The molecule has 0 aromatic heterocycles. The van der Waals surface area contributed by atoms with Crippen molar-refractivity contribution in [1.82, 2.24) is 0 Å². The van der Waals surface area contributed by atoms with Gasteiger partial charge in [-0.2, -0.15) is 0 Å². The summed E-state index contributed by atoms with van der Waals surface area (Å²) in [6.07, 6.45) is 3.90. The highest BCUT2D eigenvalue weighted by Crippen LogP contribution is 2.30. The summed E-state index contributed by atoms with van der Waals surface area (Å²) in [6, 6.07) is 4.20. The Bertz CT molecular complexity index is 402. The SMILES string of the molecule is O=C(CC1CCC1)Oc1ccc(F)c(Br)c1. The van der Waals surface area contributed by atoms with Crippen molar-refractivity contribution < 1.29 is 13.9 Å². The van der Waals surface area contributed by atoms with E-state index in [-0.39, 0.29) is 11.8 Å². The highest BCUT2D eigenvalue weighted by atomic mass is 79.9. The van der Waals surface area contributed by atoms with Crippen LogP contribution in [0.5, 0.6) is 5.75 Å². The summed E-state index contributed by atoms with van der Waals surface area (Å²) in [5.41, 5.74) is 0. The Hall–Kier alpha value is -0.900. The van der Waals surface area contributed by atoms with E-state index in [1.807, 2.05) is 0 Å². The maximum atomic E-state index is 12.9. The van der Waals surface area contributed by atoms with Gasteiger partial charge in [-0.05, 0) is 52.9 Å². The molecule has 0 atom stereocenters. The van der Waals surface area contributed by atoms with Crippen molar-refractivity contribution in [2.75, 3.05) is 0 Å². The molecule has 86 valence electrons. The fraction of sp³-hybridized carbons (Fsp3) is 0.417. The molecular weight excluding hydrogens is 275 g/mol.